The normalized spacial score (nSPS) is 18.2. The number of hydrogen-bond acceptors (Lipinski definition) is 4. The summed E-state index contributed by atoms with van der Waals surface area (Å²) in [5.74, 6) is 0.378. The van der Waals surface area contributed by atoms with Crippen molar-refractivity contribution in [3.63, 3.8) is 0 Å². The third-order valence-corrected chi connectivity index (χ3v) is 5.89. The summed E-state index contributed by atoms with van der Waals surface area (Å²) in [6.45, 7) is 5.05. The van der Waals surface area contributed by atoms with Gasteiger partial charge in [0.15, 0.2) is 0 Å². The van der Waals surface area contributed by atoms with E-state index in [1.54, 1.807) is 11.3 Å². The minimum absolute atomic E-state index is 0.301. The Morgan fingerprint density at radius 1 is 1.25 bits per heavy atom. The second-order valence-corrected chi connectivity index (χ2v) is 7.76. The number of imidazole rings is 1. The predicted molar refractivity (Wildman–Crippen MR) is 97.2 cm³/mol. The van der Waals surface area contributed by atoms with E-state index in [1.165, 1.54) is 5.56 Å². The Balaban J connectivity index is 1.37. The van der Waals surface area contributed by atoms with Crippen molar-refractivity contribution < 1.29 is 5.11 Å². The molecular formula is C19H23N3OS. The summed E-state index contributed by atoms with van der Waals surface area (Å²) in [4.78, 5) is 8.27. The van der Waals surface area contributed by atoms with Crippen LogP contribution < -0.4 is 0 Å². The molecule has 1 aliphatic rings. The molecule has 0 spiro atoms. The van der Waals surface area contributed by atoms with Crippen LogP contribution in [0.25, 0.3) is 5.65 Å². The molecule has 0 aliphatic carbocycles. The first kappa shape index (κ1) is 15.8. The van der Waals surface area contributed by atoms with Crippen molar-refractivity contribution >= 4 is 17.0 Å². The Morgan fingerprint density at radius 3 is 2.83 bits per heavy atom. The van der Waals surface area contributed by atoms with Crippen molar-refractivity contribution in [2.24, 2.45) is 5.92 Å². The highest BCUT2D eigenvalue weighted by atomic mass is 32.1. The largest absolute Gasteiger partial charge is 0.387 e. The fourth-order valence-electron chi connectivity index (χ4n) is 3.58. The maximum Gasteiger partial charge on any atom is 0.137 e. The van der Waals surface area contributed by atoms with Gasteiger partial charge in [-0.2, -0.15) is 0 Å². The Hall–Kier alpha value is -1.69. The number of fused-ring (bicyclic) bond motifs is 1. The van der Waals surface area contributed by atoms with Crippen LogP contribution in [0.5, 0.6) is 0 Å². The highest BCUT2D eigenvalue weighted by Crippen LogP contribution is 2.33. The van der Waals surface area contributed by atoms with Crippen molar-refractivity contribution in [3.8, 4) is 0 Å². The maximum atomic E-state index is 10.5. The van der Waals surface area contributed by atoms with E-state index in [0.717, 1.165) is 48.7 Å². The van der Waals surface area contributed by atoms with Crippen LogP contribution in [0.4, 0.5) is 0 Å². The van der Waals surface area contributed by atoms with Crippen LogP contribution in [0, 0.1) is 12.8 Å². The molecule has 1 saturated heterocycles. The lowest BCUT2D eigenvalue weighted by Gasteiger charge is -2.33. The number of nitrogens with zero attached hydrogens (tertiary/aromatic N) is 3. The molecule has 4 rings (SSSR count). The molecule has 3 aromatic rings. The first-order valence-electron chi connectivity index (χ1n) is 8.57. The third-order valence-electron chi connectivity index (χ3n) is 4.95. The molecule has 0 bridgehead atoms. The molecule has 126 valence electrons. The molecule has 4 heterocycles. The summed E-state index contributed by atoms with van der Waals surface area (Å²) in [6.07, 6.45) is 6.05. The van der Waals surface area contributed by atoms with E-state index < -0.39 is 0 Å². The van der Waals surface area contributed by atoms with Gasteiger partial charge in [0, 0.05) is 23.8 Å². The zero-order valence-corrected chi connectivity index (χ0v) is 14.7. The van der Waals surface area contributed by atoms with Gasteiger partial charge in [0.2, 0.25) is 0 Å². The van der Waals surface area contributed by atoms with Gasteiger partial charge in [0.05, 0.1) is 11.8 Å². The fraction of sp³-hybridized carbons (Fsp3) is 0.421. The number of aromatic nitrogens is 2. The smallest absolute Gasteiger partial charge is 0.137 e. The standard InChI is InChI=1S/C19H23N3OS/c1-14-4-5-18-20-16(13-22(18)11-14)12-21-8-6-15(7-9-21)19(23)17-3-2-10-24-17/h2-5,10-11,13,15,19,23H,6-9,12H2,1H3. The Bertz CT molecular complexity index is 803. The summed E-state index contributed by atoms with van der Waals surface area (Å²) < 4.78 is 2.11. The second kappa shape index (κ2) is 6.67. The van der Waals surface area contributed by atoms with Gasteiger partial charge >= 0.3 is 0 Å². The lowest BCUT2D eigenvalue weighted by molar-refractivity contribution is 0.0588. The number of aryl methyl sites for hydroxylation is 1. The molecular weight excluding hydrogens is 318 g/mol. The molecule has 1 unspecified atom stereocenters. The van der Waals surface area contributed by atoms with E-state index in [9.17, 15) is 5.11 Å². The zero-order chi connectivity index (χ0) is 16.5. The second-order valence-electron chi connectivity index (χ2n) is 6.78. The molecule has 0 aromatic carbocycles. The van der Waals surface area contributed by atoms with Crippen molar-refractivity contribution in [1.82, 2.24) is 14.3 Å². The van der Waals surface area contributed by atoms with E-state index in [1.807, 2.05) is 17.5 Å². The monoisotopic (exact) mass is 341 g/mol. The van der Waals surface area contributed by atoms with Gasteiger partial charge in [-0.25, -0.2) is 4.98 Å². The van der Waals surface area contributed by atoms with E-state index in [4.69, 9.17) is 4.98 Å². The average Bonchev–Trinajstić information content (AvgIpc) is 3.23. The van der Waals surface area contributed by atoms with Crippen LogP contribution in [-0.2, 0) is 6.54 Å². The van der Waals surface area contributed by atoms with Crippen molar-refractivity contribution in [3.05, 3.63) is 58.2 Å². The quantitative estimate of drug-likeness (QED) is 0.787. The zero-order valence-electron chi connectivity index (χ0n) is 13.9. The number of aliphatic hydroxyl groups excluding tert-OH is 1. The molecule has 3 aromatic heterocycles. The summed E-state index contributed by atoms with van der Waals surface area (Å²) >= 11 is 1.66. The van der Waals surface area contributed by atoms with E-state index in [2.05, 4.69) is 40.8 Å². The molecule has 1 atom stereocenters. The van der Waals surface area contributed by atoms with E-state index >= 15 is 0 Å². The number of pyridine rings is 1. The number of thiophene rings is 1. The van der Waals surface area contributed by atoms with E-state index in [-0.39, 0.29) is 6.10 Å². The summed E-state index contributed by atoms with van der Waals surface area (Å²) in [5, 5.41) is 12.5. The van der Waals surface area contributed by atoms with Gasteiger partial charge in [0.25, 0.3) is 0 Å². The Kier molecular flexibility index (Phi) is 4.39. The van der Waals surface area contributed by atoms with Gasteiger partial charge < -0.3 is 9.51 Å². The van der Waals surface area contributed by atoms with Crippen molar-refractivity contribution in [2.75, 3.05) is 13.1 Å². The van der Waals surface area contributed by atoms with Gasteiger partial charge in [-0.05, 0) is 61.8 Å². The SMILES string of the molecule is Cc1ccc2nc(CN3CCC(C(O)c4cccs4)CC3)cn2c1. The molecule has 1 N–H and O–H groups in total. The van der Waals surface area contributed by atoms with Crippen LogP contribution >= 0.6 is 11.3 Å². The summed E-state index contributed by atoms with van der Waals surface area (Å²) in [6, 6.07) is 8.23. The lowest BCUT2D eigenvalue weighted by Crippen LogP contribution is -2.35. The molecule has 1 aliphatic heterocycles. The highest BCUT2D eigenvalue weighted by molar-refractivity contribution is 7.10. The minimum atomic E-state index is -0.301. The Labute approximate surface area is 146 Å². The number of hydrogen-bond donors (Lipinski definition) is 1. The molecule has 24 heavy (non-hydrogen) atoms. The number of piperidine rings is 1. The van der Waals surface area contributed by atoms with Crippen molar-refractivity contribution in [2.45, 2.75) is 32.4 Å². The number of likely N-dealkylation sites (tertiary alicyclic amines) is 1. The van der Waals surface area contributed by atoms with Crippen LogP contribution in [0.3, 0.4) is 0 Å². The number of aliphatic hydroxyl groups is 1. The maximum absolute atomic E-state index is 10.5. The summed E-state index contributed by atoms with van der Waals surface area (Å²) in [7, 11) is 0. The van der Waals surface area contributed by atoms with Crippen LogP contribution in [0.15, 0.2) is 42.0 Å². The summed E-state index contributed by atoms with van der Waals surface area (Å²) in [5.41, 5.74) is 3.38. The van der Waals surface area contributed by atoms with Gasteiger partial charge in [-0.1, -0.05) is 12.1 Å². The van der Waals surface area contributed by atoms with E-state index in [0.29, 0.717) is 5.92 Å². The lowest BCUT2D eigenvalue weighted by atomic mass is 9.90. The molecule has 0 radical (unpaired) electrons. The predicted octanol–water partition coefficient (Wildman–Crippen LogP) is 3.65. The molecule has 5 heteroatoms. The Morgan fingerprint density at radius 2 is 2.08 bits per heavy atom. The van der Waals surface area contributed by atoms with Gasteiger partial charge in [0.1, 0.15) is 5.65 Å². The topological polar surface area (TPSA) is 40.8 Å². The van der Waals surface area contributed by atoms with Gasteiger partial charge in [-0.15, -0.1) is 11.3 Å². The van der Waals surface area contributed by atoms with Crippen LogP contribution in [0.2, 0.25) is 0 Å². The highest BCUT2D eigenvalue weighted by Gasteiger charge is 2.27. The van der Waals surface area contributed by atoms with Crippen LogP contribution in [0.1, 0.15) is 35.1 Å². The number of rotatable bonds is 4. The average molecular weight is 341 g/mol. The molecule has 0 saturated carbocycles. The van der Waals surface area contributed by atoms with Crippen molar-refractivity contribution in [1.29, 1.82) is 0 Å². The minimum Gasteiger partial charge on any atom is -0.387 e. The van der Waals surface area contributed by atoms with Crippen LogP contribution in [-0.4, -0.2) is 32.5 Å². The van der Waals surface area contributed by atoms with Gasteiger partial charge in [-0.3, -0.25) is 4.90 Å². The molecule has 0 amide bonds. The molecule has 1 fully saturated rings. The first-order chi connectivity index (χ1) is 11.7. The fourth-order valence-corrected chi connectivity index (χ4v) is 4.38. The molecule has 4 nitrogen and oxygen atoms in total. The third kappa shape index (κ3) is 3.24. The first-order valence-corrected chi connectivity index (χ1v) is 9.45.